The van der Waals surface area contributed by atoms with Crippen molar-refractivity contribution in [1.82, 2.24) is 10.2 Å². The molecule has 0 aliphatic carbocycles. The lowest BCUT2D eigenvalue weighted by Gasteiger charge is -2.52. The minimum atomic E-state index is 0.200. The van der Waals surface area contributed by atoms with Crippen molar-refractivity contribution in [1.29, 1.82) is 0 Å². The highest BCUT2D eigenvalue weighted by Gasteiger charge is 2.43. The average molecular weight is 260 g/mol. The Labute approximate surface area is 115 Å². The summed E-state index contributed by atoms with van der Waals surface area (Å²) in [4.78, 5) is 2.66. The fraction of sp³-hybridized carbons (Fsp3) is 0.625. The first kappa shape index (κ1) is 13.1. The van der Waals surface area contributed by atoms with Crippen molar-refractivity contribution >= 4 is 0 Å². The molecular formula is C16H24N2O. The summed E-state index contributed by atoms with van der Waals surface area (Å²) in [5.74, 6) is 0. The predicted octanol–water partition coefficient (Wildman–Crippen LogP) is 2.03. The van der Waals surface area contributed by atoms with Crippen LogP contribution in [0, 0.1) is 0 Å². The summed E-state index contributed by atoms with van der Waals surface area (Å²) in [6, 6.07) is 11.3. The van der Waals surface area contributed by atoms with Gasteiger partial charge in [0.15, 0.2) is 0 Å². The lowest BCUT2D eigenvalue weighted by atomic mass is 9.86. The van der Waals surface area contributed by atoms with Gasteiger partial charge in [-0.2, -0.15) is 0 Å². The van der Waals surface area contributed by atoms with E-state index in [-0.39, 0.29) is 5.54 Å². The summed E-state index contributed by atoms with van der Waals surface area (Å²) in [5.41, 5.74) is 1.60. The molecule has 1 N–H and O–H groups in total. The number of hydrogen-bond donors (Lipinski definition) is 1. The Morgan fingerprint density at radius 1 is 1.37 bits per heavy atom. The van der Waals surface area contributed by atoms with Gasteiger partial charge < -0.3 is 10.1 Å². The third-order valence-corrected chi connectivity index (χ3v) is 4.52. The number of morpholine rings is 1. The Hall–Kier alpha value is -0.900. The van der Waals surface area contributed by atoms with E-state index < -0.39 is 0 Å². The molecule has 2 fully saturated rings. The summed E-state index contributed by atoms with van der Waals surface area (Å²) in [6.07, 6.45) is 2.50. The second kappa shape index (κ2) is 5.61. The quantitative estimate of drug-likeness (QED) is 0.880. The van der Waals surface area contributed by atoms with E-state index in [9.17, 15) is 0 Å². The highest BCUT2D eigenvalue weighted by Crippen LogP contribution is 2.31. The van der Waals surface area contributed by atoms with Gasteiger partial charge in [-0.1, -0.05) is 30.3 Å². The molecule has 2 atom stereocenters. The van der Waals surface area contributed by atoms with Crippen molar-refractivity contribution in [3.8, 4) is 0 Å². The van der Waals surface area contributed by atoms with Gasteiger partial charge in [0.25, 0.3) is 0 Å². The number of piperidine rings is 1. The van der Waals surface area contributed by atoms with E-state index in [4.69, 9.17) is 4.74 Å². The van der Waals surface area contributed by atoms with Crippen LogP contribution in [0.1, 0.15) is 25.3 Å². The minimum Gasteiger partial charge on any atom is -0.378 e. The molecule has 3 nitrogen and oxygen atoms in total. The third-order valence-electron chi connectivity index (χ3n) is 4.52. The second-order valence-electron chi connectivity index (χ2n) is 5.98. The van der Waals surface area contributed by atoms with Gasteiger partial charge in [-0.3, -0.25) is 4.90 Å². The van der Waals surface area contributed by atoms with Crippen LogP contribution in [0.5, 0.6) is 0 Å². The van der Waals surface area contributed by atoms with Crippen LogP contribution >= 0.6 is 0 Å². The van der Waals surface area contributed by atoms with Crippen LogP contribution in [0.25, 0.3) is 0 Å². The molecule has 104 valence electrons. The van der Waals surface area contributed by atoms with Gasteiger partial charge in [0.05, 0.1) is 18.8 Å². The fourth-order valence-electron chi connectivity index (χ4n) is 3.48. The van der Waals surface area contributed by atoms with Gasteiger partial charge >= 0.3 is 0 Å². The van der Waals surface area contributed by atoms with E-state index >= 15 is 0 Å². The van der Waals surface area contributed by atoms with Crippen molar-refractivity contribution in [3.63, 3.8) is 0 Å². The van der Waals surface area contributed by atoms with Gasteiger partial charge in [0.1, 0.15) is 0 Å². The highest BCUT2D eigenvalue weighted by molar-refractivity contribution is 5.16. The number of benzene rings is 1. The Bertz CT molecular complexity index is 395. The van der Waals surface area contributed by atoms with E-state index in [2.05, 4.69) is 47.5 Å². The van der Waals surface area contributed by atoms with Crippen LogP contribution in [0.4, 0.5) is 0 Å². The molecule has 0 saturated carbocycles. The molecule has 2 saturated heterocycles. The fourth-order valence-corrected chi connectivity index (χ4v) is 3.48. The molecule has 2 unspecified atom stereocenters. The molecule has 0 bridgehead atoms. The van der Waals surface area contributed by atoms with Crippen LogP contribution in [0.15, 0.2) is 30.3 Å². The lowest BCUT2D eigenvalue weighted by Crippen LogP contribution is -2.66. The summed E-state index contributed by atoms with van der Waals surface area (Å²) in [7, 11) is 0. The normalized spacial score (nSPS) is 32.6. The van der Waals surface area contributed by atoms with Gasteiger partial charge in [-0.25, -0.2) is 0 Å². The number of hydrogen-bond acceptors (Lipinski definition) is 3. The SMILES string of the molecule is CC1COCC2(CCCNC2)N1Cc1ccccc1. The Balaban J connectivity index is 1.81. The van der Waals surface area contributed by atoms with E-state index in [1.165, 1.54) is 18.4 Å². The van der Waals surface area contributed by atoms with Crippen molar-refractivity contribution < 1.29 is 4.74 Å². The summed E-state index contributed by atoms with van der Waals surface area (Å²) in [6.45, 7) is 7.26. The molecule has 0 aromatic heterocycles. The topological polar surface area (TPSA) is 24.5 Å². The Morgan fingerprint density at radius 2 is 2.21 bits per heavy atom. The monoisotopic (exact) mass is 260 g/mol. The molecule has 2 aliphatic heterocycles. The van der Waals surface area contributed by atoms with E-state index in [0.717, 1.165) is 32.8 Å². The Morgan fingerprint density at radius 3 is 2.95 bits per heavy atom. The van der Waals surface area contributed by atoms with Crippen molar-refractivity contribution in [2.24, 2.45) is 0 Å². The first-order valence-corrected chi connectivity index (χ1v) is 7.39. The van der Waals surface area contributed by atoms with Crippen LogP contribution < -0.4 is 5.32 Å². The molecule has 0 amide bonds. The maximum absolute atomic E-state index is 5.86. The Kier molecular flexibility index (Phi) is 3.87. The van der Waals surface area contributed by atoms with Crippen LogP contribution in [0.3, 0.4) is 0 Å². The van der Waals surface area contributed by atoms with Gasteiger partial charge in [-0.15, -0.1) is 0 Å². The second-order valence-corrected chi connectivity index (χ2v) is 5.98. The maximum Gasteiger partial charge on any atom is 0.0663 e. The molecule has 1 spiro atoms. The lowest BCUT2D eigenvalue weighted by molar-refractivity contribution is -0.113. The van der Waals surface area contributed by atoms with Crippen LogP contribution in [0.2, 0.25) is 0 Å². The highest BCUT2D eigenvalue weighted by atomic mass is 16.5. The predicted molar refractivity (Wildman–Crippen MR) is 77.1 cm³/mol. The van der Waals surface area contributed by atoms with Crippen LogP contribution in [-0.2, 0) is 11.3 Å². The smallest absolute Gasteiger partial charge is 0.0663 e. The van der Waals surface area contributed by atoms with Crippen LogP contribution in [-0.4, -0.2) is 42.8 Å². The first-order chi connectivity index (χ1) is 9.30. The van der Waals surface area contributed by atoms with Crippen molar-refractivity contribution in [2.45, 2.75) is 37.9 Å². The molecule has 0 radical (unpaired) electrons. The van der Waals surface area contributed by atoms with E-state index in [1.807, 2.05) is 0 Å². The van der Waals surface area contributed by atoms with Gasteiger partial charge in [0.2, 0.25) is 0 Å². The molecule has 3 rings (SSSR count). The summed E-state index contributed by atoms with van der Waals surface area (Å²) < 4.78 is 5.86. The van der Waals surface area contributed by atoms with E-state index in [1.54, 1.807) is 0 Å². The van der Waals surface area contributed by atoms with Crippen molar-refractivity contribution in [3.05, 3.63) is 35.9 Å². The molecule has 3 heteroatoms. The largest absolute Gasteiger partial charge is 0.378 e. The first-order valence-electron chi connectivity index (χ1n) is 7.39. The third kappa shape index (κ3) is 2.69. The number of nitrogens with zero attached hydrogens (tertiary/aromatic N) is 1. The molecule has 1 aromatic rings. The molecule has 1 aromatic carbocycles. The number of rotatable bonds is 2. The van der Waals surface area contributed by atoms with Gasteiger partial charge in [0, 0.05) is 19.1 Å². The zero-order valence-electron chi connectivity index (χ0n) is 11.8. The molecule has 2 heterocycles. The zero-order chi connectivity index (χ0) is 13.1. The summed E-state index contributed by atoms with van der Waals surface area (Å²) >= 11 is 0. The van der Waals surface area contributed by atoms with Gasteiger partial charge in [-0.05, 0) is 31.9 Å². The number of nitrogens with one attached hydrogen (secondary N) is 1. The summed E-state index contributed by atoms with van der Waals surface area (Å²) in [5, 5.41) is 3.56. The molecule has 2 aliphatic rings. The van der Waals surface area contributed by atoms with E-state index in [0.29, 0.717) is 6.04 Å². The maximum atomic E-state index is 5.86. The minimum absolute atomic E-state index is 0.200. The molecule has 19 heavy (non-hydrogen) atoms. The zero-order valence-corrected chi connectivity index (χ0v) is 11.8. The molecular weight excluding hydrogens is 236 g/mol. The average Bonchev–Trinajstić information content (AvgIpc) is 2.45. The standard InChI is InChI=1S/C16H24N2O/c1-14-11-19-13-16(8-5-9-17-12-16)18(14)10-15-6-3-2-4-7-15/h2-4,6-7,14,17H,5,8-13H2,1H3. The van der Waals surface area contributed by atoms with Crippen molar-refractivity contribution in [2.75, 3.05) is 26.3 Å². The number of ether oxygens (including phenoxy) is 1.